The number of para-hydroxylation sites is 1. The highest BCUT2D eigenvalue weighted by atomic mass is 16.6. The molecule has 1 aliphatic heterocycles. The number of benzene rings is 2. The second kappa shape index (κ2) is 9.79. The summed E-state index contributed by atoms with van der Waals surface area (Å²) >= 11 is 0. The van der Waals surface area contributed by atoms with Crippen molar-refractivity contribution in [2.24, 2.45) is 0 Å². The van der Waals surface area contributed by atoms with Crippen molar-refractivity contribution >= 4 is 11.5 Å². The predicted molar refractivity (Wildman–Crippen MR) is 115 cm³/mol. The van der Waals surface area contributed by atoms with E-state index in [1.165, 1.54) is 32.6 Å². The summed E-state index contributed by atoms with van der Waals surface area (Å²) in [5.74, 6) is 0.838. The van der Waals surface area contributed by atoms with Gasteiger partial charge in [-0.2, -0.15) is 0 Å². The van der Waals surface area contributed by atoms with E-state index < -0.39 is 5.60 Å². The zero-order chi connectivity index (χ0) is 20.7. The maximum Gasteiger partial charge on any atom is 0.175 e. The summed E-state index contributed by atoms with van der Waals surface area (Å²) in [6.45, 7) is 5.36. The Morgan fingerprint density at radius 3 is 2.52 bits per heavy atom. The molecule has 2 N–H and O–H groups in total. The minimum absolute atomic E-state index is 0.341. The third-order valence-corrected chi connectivity index (χ3v) is 5.38. The van der Waals surface area contributed by atoms with Gasteiger partial charge in [-0.15, -0.1) is 0 Å². The van der Waals surface area contributed by atoms with Crippen LogP contribution >= 0.6 is 0 Å². The number of nitrogens with one attached hydrogen (secondary N) is 1. The van der Waals surface area contributed by atoms with Gasteiger partial charge in [-0.3, -0.25) is 4.79 Å². The zero-order valence-electron chi connectivity index (χ0n) is 17.4. The Bertz CT molecular complexity index is 835. The van der Waals surface area contributed by atoms with Gasteiger partial charge in [0.05, 0.1) is 0 Å². The lowest BCUT2D eigenvalue weighted by Gasteiger charge is -2.30. The van der Waals surface area contributed by atoms with E-state index in [2.05, 4.69) is 12.2 Å². The van der Waals surface area contributed by atoms with Gasteiger partial charge >= 0.3 is 0 Å². The summed E-state index contributed by atoms with van der Waals surface area (Å²) in [6, 6.07) is 12.7. The summed E-state index contributed by atoms with van der Waals surface area (Å²) in [5, 5.41) is 15.0. The van der Waals surface area contributed by atoms with Crippen LogP contribution in [0.3, 0.4) is 0 Å². The summed E-state index contributed by atoms with van der Waals surface area (Å²) in [5.41, 5.74) is 0.0431. The van der Waals surface area contributed by atoms with E-state index in [9.17, 15) is 9.90 Å². The molecule has 1 unspecified atom stereocenters. The van der Waals surface area contributed by atoms with Gasteiger partial charge in [0, 0.05) is 17.8 Å². The van der Waals surface area contributed by atoms with Gasteiger partial charge in [-0.25, -0.2) is 0 Å². The highest BCUT2D eigenvalue weighted by molar-refractivity contribution is 5.92. The molecule has 2 aromatic carbocycles. The lowest BCUT2D eigenvalue weighted by Crippen LogP contribution is -2.36. The molecule has 29 heavy (non-hydrogen) atoms. The fourth-order valence-electron chi connectivity index (χ4n) is 3.72. The molecule has 5 heteroatoms. The Labute approximate surface area is 173 Å². The number of fused-ring (bicyclic) bond motifs is 1. The SMILES string of the molecule is CCCCCCCNc1ccccc1C(O)(C(C)=O)c1ccc2c(c1)OCCO2. The first-order valence-corrected chi connectivity index (χ1v) is 10.5. The lowest BCUT2D eigenvalue weighted by atomic mass is 9.82. The number of carbonyl (C=O) groups is 1. The first-order valence-electron chi connectivity index (χ1n) is 10.5. The molecular formula is C24H31NO4. The summed E-state index contributed by atoms with van der Waals surface area (Å²) in [7, 11) is 0. The van der Waals surface area contributed by atoms with Crippen LogP contribution < -0.4 is 14.8 Å². The number of ether oxygens (including phenoxy) is 2. The van der Waals surface area contributed by atoms with Crippen molar-refractivity contribution in [3.05, 3.63) is 53.6 Å². The quantitative estimate of drug-likeness (QED) is 0.571. The summed E-state index contributed by atoms with van der Waals surface area (Å²) < 4.78 is 11.2. The number of aliphatic hydroxyl groups is 1. The monoisotopic (exact) mass is 397 g/mol. The van der Waals surface area contributed by atoms with Crippen LogP contribution in [-0.2, 0) is 10.4 Å². The average molecular weight is 398 g/mol. The molecule has 0 saturated carbocycles. The molecule has 0 aromatic heterocycles. The number of unbranched alkanes of at least 4 members (excludes halogenated alkanes) is 4. The molecule has 156 valence electrons. The van der Waals surface area contributed by atoms with Crippen molar-refractivity contribution in [3.8, 4) is 11.5 Å². The van der Waals surface area contributed by atoms with Crippen LogP contribution in [0.4, 0.5) is 5.69 Å². The van der Waals surface area contributed by atoms with Gasteiger partial charge < -0.3 is 19.9 Å². The fourth-order valence-corrected chi connectivity index (χ4v) is 3.72. The second-order valence-corrected chi connectivity index (χ2v) is 7.51. The van der Waals surface area contributed by atoms with Gasteiger partial charge in [-0.1, -0.05) is 56.9 Å². The van der Waals surface area contributed by atoms with Crippen molar-refractivity contribution in [2.45, 2.75) is 51.6 Å². The molecule has 0 aliphatic carbocycles. The van der Waals surface area contributed by atoms with Crippen molar-refractivity contribution in [1.29, 1.82) is 0 Å². The van der Waals surface area contributed by atoms with Crippen LogP contribution in [0, 0.1) is 0 Å². The van der Waals surface area contributed by atoms with E-state index in [0.717, 1.165) is 18.7 Å². The smallest absolute Gasteiger partial charge is 0.175 e. The number of rotatable bonds is 10. The molecule has 1 aliphatic rings. The molecule has 0 amide bonds. The molecule has 5 nitrogen and oxygen atoms in total. The van der Waals surface area contributed by atoms with Gasteiger partial charge in [0.2, 0.25) is 0 Å². The van der Waals surface area contributed by atoms with Crippen LogP contribution in [0.15, 0.2) is 42.5 Å². The first-order chi connectivity index (χ1) is 14.1. The van der Waals surface area contributed by atoms with Gasteiger partial charge in [0.15, 0.2) is 22.9 Å². The number of Topliss-reactive ketones (excluding diaryl/α,β-unsaturated/α-hetero) is 1. The Kier molecular flexibility index (Phi) is 7.15. The van der Waals surface area contributed by atoms with E-state index in [1.54, 1.807) is 24.3 Å². The van der Waals surface area contributed by atoms with Crippen LogP contribution in [0.5, 0.6) is 11.5 Å². The molecular weight excluding hydrogens is 366 g/mol. The van der Waals surface area contributed by atoms with Crippen molar-refractivity contribution in [3.63, 3.8) is 0 Å². The van der Waals surface area contributed by atoms with Gasteiger partial charge in [0.25, 0.3) is 0 Å². The van der Waals surface area contributed by atoms with Crippen LogP contribution in [0.1, 0.15) is 57.1 Å². The molecule has 0 spiro atoms. The maximum atomic E-state index is 12.7. The minimum atomic E-state index is -1.76. The maximum absolute atomic E-state index is 12.7. The highest BCUT2D eigenvalue weighted by Gasteiger charge is 2.39. The van der Waals surface area contributed by atoms with Crippen LogP contribution in [0.25, 0.3) is 0 Å². The zero-order valence-corrected chi connectivity index (χ0v) is 17.4. The number of hydrogen-bond donors (Lipinski definition) is 2. The van der Waals surface area contributed by atoms with E-state index >= 15 is 0 Å². The van der Waals surface area contributed by atoms with E-state index in [1.807, 2.05) is 18.2 Å². The minimum Gasteiger partial charge on any atom is -0.486 e. The third kappa shape index (κ3) is 4.73. The Morgan fingerprint density at radius 2 is 1.76 bits per heavy atom. The molecule has 0 saturated heterocycles. The Balaban J connectivity index is 1.86. The number of anilines is 1. The molecule has 1 atom stereocenters. The van der Waals surface area contributed by atoms with E-state index in [-0.39, 0.29) is 5.78 Å². The summed E-state index contributed by atoms with van der Waals surface area (Å²) in [4.78, 5) is 12.7. The molecule has 0 fully saturated rings. The fraction of sp³-hybridized carbons (Fsp3) is 0.458. The Morgan fingerprint density at radius 1 is 1.03 bits per heavy atom. The lowest BCUT2D eigenvalue weighted by molar-refractivity contribution is -0.131. The molecule has 3 rings (SSSR count). The molecule has 0 bridgehead atoms. The molecule has 0 radical (unpaired) electrons. The van der Waals surface area contributed by atoms with Crippen molar-refractivity contribution < 1.29 is 19.4 Å². The third-order valence-electron chi connectivity index (χ3n) is 5.38. The number of carbonyl (C=O) groups excluding carboxylic acids is 1. The summed E-state index contributed by atoms with van der Waals surface area (Å²) in [6.07, 6.45) is 5.93. The molecule has 1 heterocycles. The topological polar surface area (TPSA) is 67.8 Å². The van der Waals surface area contributed by atoms with Gasteiger partial charge in [0.1, 0.15) is 13.2 Å². The van der Waals surface area contributed by atoms with Gasteiger partial charge in [-0.05, 0) is 37.1 Å². The van der Waals surface area contributed by atoms with Crippen molar-refractivity contribution in [1.82, 2.24) is 0 Å². The van der Waals surface area contributed by atoms with E-state index in [4.69, 9.17) is 9.47 Å². The van der Waals surface area contributed by atoms with E-state index in [0.29, 0.717) is 35.8 Å². The molecule has 2 aromatic rings. The Hall–Kier alpha value is -2.53. The van der Waals surface area contributed by atoms with Crippen LogP contribution in [-0.4, -0.2) is 30.6 Å². The number of ketones is 1. The predicted octanol–water partition coefficient (Wildman–Crippen LogP) is 4.67. The largest absolute Gasteiger partial charge is 0.486 e. The van der Waals surface area contributed by atoms with Crippen LogP contribution in [0.2, 0.25) is 0 Å². The normalized spacial score (nSPS) is 14.9. The van der Waals surface area contributed by atoms with Crippen molar-refractivity contribution in [2.75, 3.05) is 25.1 Å². The first kappa shape index (κ1) is 21.2. The number of hydrogen-bond acceptors (Lipinski definition) is 5. The highest BCUT2D eigenvalue weighted by Crippen LogP contribution is 2.40. The second-order valence-electron chi connectivity index (χ2n) is 7.51. The average Bonchev–Trinajstić information content (AvgIpc) is 2.75. The standard InChI is InChI=1S/C24H31NO4/c1-3-4-5-6-9-14-25-21-11-8-7-10-20(21)24(27,18(2)26)19-12-13-22-23(17-19)29-16-15-28-22/h7-8,10-13,17,25,27H,3-6,9,14-16H2,1-2H3.